The van der Waals surface area contributed by atoms with E-state index in [4.69, 9.17) is 4.74 Å². The van der Waals surface area contributed by atoms with Gasteiger partial charge in [0.05, 0.1) is 13.2 Å². The minimum atomic E-state index is 0.00910. The third-order valence-electron chi connectivity index (χ3n) is 2.59. The first-order valence-corrected chi connectivity index (χ1v) is 4.93. The van der Waals surface area contributed by atoms with Gasteiger partial charge in [0, 0.05) is 12.0 Å². The Bertz CT molecular complexity index is 89.7. The van der Waals surface area contributed by atoms with Crippen molar-refractivity contribution in [1.82, 2.24) is 0 Å². The molecule has 0 unspecified atom stereocenters. The number of aliphatic hydroxyl groups excluding tert-OH is 1. The molecule has 0 aliphatic carbocycles. The lowest BCUT2D eigenvalue weighted by molar-refractivity contribution is 0.00146. The standard InChI is InChI=1S/C10H22O2/c1-4-7-12-9-10(5-2,6-3)8-11/h11H,4-9H2,1-3H3. The van der Waals surface area contributed by atoms with Crippen LogP contribution in [0.5, 0.6) is 0 Å². The maximum absolute atomic E-state index is 9.20. The van der Waals surface area contributed by atoms with Crippen LogP contribution >= 0.6 is 0 Å². The van der Waals surface area contributed by atoms with Crippen LogP contribution < -0.4 is 0 Å². The van der Waals surface area contributed by atoms with Crippen LogP contribution in [0.15, 0.2) is 0 Å². The van der Waals surface area contributed by atoms with Gasteiger partial charge in [-0.3, -0.25) is 0 Å². The minimum Gasteiger partial charge on any atom is -0.396 e. The second-order valence-electron chi connectivity index (χ2n) is 3.42. The molecule has 0 heterocycles. The molecule has 0 spiro atoms. The summed E-state index contributed by atoms with van der Waals surface area (Å²) < 4.78 is 5.46. The maximum Gasteiger partial charge on any atom is 0.0544 e. The second-order valence-corrected chi connectivity index (χ2v) is 3.42. The highest BCUT2D eigenvalue weighted by molar-refractivity contribution is 4.74. The molecular weight excluding hydrogens is 152 g/mol. The van der Waals surface area contributed by atoms with Gasteiger partial charge in [-0.1, -0.05) is 20.8 Å². The van der Waals surface area contributed by atoms with Crippen molar-refractivity contribution in [3.05, 3.63) is 0 Å². The average molecular weight is 174 g/mol. The first-order chi connectivity index (χ1) is 5.74. The summed E-state index contributed by atoms with van der Waals surface area (Å²) in [7, 11) is 0. The number of ether oxygens (including phenoxy) is 1. The molecule has 0 saturated carbocycles. The van der Waals surface area contributed by atoms with Gasteiger partial charge in [0.15, 0.2) is 0 Å². The Kier molecular flexibility index (Phi) is 6.39. The van der Waals surface area contributed by atoms with Crippen LogP contribution in [0.4, 0.5) is 0 Å². The highest BCUT2D eigenvalue weighted by Gasteiger charge is 2.25. The summed E-state index contributed by atoms with van der Waals surface area (Å²) in [5, 5.41) is 9.20. The van der Waals surface area contributed by atoms with Gasteiger partial charge in [0.2, 0.25) is 0 Å². The lowest BCUT2D eigenvalue weighted by atomic mass is 9.84. The number of rotatable bonds is 7. The predicted molar refractivity (Wildman–Crippen MR) is 51.2 cm³/mol. The van der Waals surface area contributed by atoms with Gasteiger partial charge in [-0.2, -0.15) is 0 Å². The Morgan fingerprint density at radius 1 is 1.17 bits per heavy atom. The smallest absolute Gasteiger partial charge is 0.0544 e. The molecule has 0 aliphatic heterocycles. The van der Waals surface area contributed by atoms with E-state index in [-0.39, 0.29) is 12.0 Å². The van der Waals surface area contributed by atoms with Gasteiger partial charge < -0.3 is 9.84 Å². The summed E-state index contributed by atoms with van der Waals surface area (Å²) >= 11 is 0. The summed E-state index contributed by atoms with van der Waals surface area (Å²) in [4.78, 5) is 0. The van der Waals surface area contributed by atoms with E-state index >= 15 is 0 Å². The van der Waals surface area contributed by atoms with Gasteiger partial charge in [0.1, 0.15) is 0 Å². The van der Waals surface area contributed by atoms with Gasteiger partial charge in [0.25, 0.3) is 0 Å². The molecule has 0 aliphatic rings. The molecule has 0 bridgehead atoms. The first kappa shape index (κ1) is 11.9. The first-order valence-electron chi connectivity index (χ1n) is 4.93. The predicted octanol–water partition coefficient (Wildman–Crippen LogP) is 2.21. The molecule has 0 atom stereocenters. The van der Waals surface area contributed by atoms with Crippen LogP contribution in [-0.4, -0.2) is 24.9 Å². The average Bonchev–Trinajstić information content (AvgIpc) is 2.14. The second kappa shape index (κ2) is 6.44. The van der Waals surface area contributed by atoms with Gasteiger partial charge in [-0.05, 0) is 19.3 Å². The molecule has 0 radical (unpaired) electrons. The summed E-state index contributed by atoms with van der Waals surface area (Å²) in [6.45, 7) is 8.05. The van der Waals surface area contributed by atoms with E-state index in [2.05, 4.69) is 20.8 Å². The fraction of sp³-hybridized carbons (Fsp3) is 1.00. The van der Waals surface area contributed by atoms with Gasteiger partial charge in [-0.15, -0.1) is 0 Å². The summed E-state index contributed by atoms with van der Waals surface area (Å²) in [6.07, 6.45) is 3.03. The summed E-state index contributed by atoms with van der Waals surface area (Å²) in [6, 6.07) is 0. The van der Waals surface area contributed by atoms with Gasteiger partial charge in [-0.25, -0.2) is 0 Å². The lowest BCUT2D eigenvalue weighted by Gasteiger charge is -2.28. The van der Waals surface area contributed by atoms with E-state index in [1.165, 1.54) is 0 Å². The summed E-state index contributed by atoms with van der Waals surface area (Å²) in [5.41, 5.74) is 0.00910. The Morgan fingerprint density at radius 2 is 1.75 bits per heavy atom. The third kappa shape index (κ3) is 3.55. The normalized spacial score (nSPS) is 12.0. The molecule has 0 amide bonds. The summed E-state index contributed by atoms with van der Waals surface area (Å²) in [5.74, 6) is 0. The lowest BCUT2D eigenvalue weighted by Crippen LogP contribution is -2.29. The van der Waals surface area contributed by atoms with Crippen molar-refractivity contribution in [1.29, 1.82) is 0 Å². The molecule has 0 rings (SSSR count). The Labute approximate surface area is 75.9 Å². The van der Waals surface area contributed by atoms with Crippen molar-refractivity contribution in [2.45, 2.75) is 40.0 Å². The Balaban J connectivity index is 3.76. The van der Waals surface area contributed by atoms with Crippen molar-refractivity contribution < 1.29 is 9.84 Å². The fourth-order valence-electron chi connectivity index (χ4n) is 1.16. The van der Waals surface area contributed by atoms with E-state index in [1.807, 2.05) is 0 Å². The fourth-order valence-corrected chi connectivity index (χ4v) is 1.16. The van der Waals surface area contributed by atoms with Crippen LogP contribution in [0.1, 0.15) is 40.0 Å². The van der Waals surface area contributed by atoms with Crippen LogP contribution in [0.25, 0.3) is 0 Å². The molecule has 0 aromatic carbocycles. The van der Waals surface area contributed by atoms with Crippen molar-refractivity contribution in [3.8, 4) is 0 Å². The van der Waals surface area contributed by atoms with E-state index in [1.54, 1.807) is 0 Å². The molecule has 0 aromatic heterocycles. The van der Waals surface area contributed by atoms with Crippen molar-refractivity contribution in [3.63, 3.8) is 0 Å². The number of hydrogen-bond donors (Lipinski definition) is 1. The van der Waals surface area contributed by atoms with E-state index < -0.39 is 0 Å². The van der Waals surface area contributed by atoms with Crippen LogP contribution in [0, 0.1) is 5.41 Å². The van der Waals surface area contributed by atoms with E-state index in [0.717, 1.165) is 25.9 Å². The maximum atomic E-state index is 9.20. The van der Waals surface area contributed by atoms with Crippen molar-refractivity contribution in [2.75, 3.05) is 19.8 Å². The molecule has 0 aromatic rings. The molecule has 2 nitrogen and oxygen atoms in total. The molecule has 2 heteroatoms. The van der Waals surface area contributed by atoms with Crippen LogP contribution in [0.2, 0.25) is 0 Å². The highest BCUT2D eigenvalue weighted by atomic mass is 16.5. The van der Waals surface area contributed by atoms with Crippen LogP contribution in [0.3, 0.4) is 0 Å². The van der Waals surface area contributed by atoms with Crippen LogP contribution in [-0.2, 0) is 4.74 Å². The Morgan fingerprint density at radius 3 is 2.08 bits per heavy atom. The van der Waals surface area contributed by atoms with Crippen molar-refractivity contribution >= 4 is 0 Å². The zero-order valence-electron chi connectivity index (χ0n) is 8.60. The number of aliphatic hydroxyl groups is 1. The highest BCUT2D eigenvalue weighted by Crippen LogP contribution is 2.25. The molecule has 74 valence electrons. The van der Waals surface area contributed by atoms with Gasteiger partial charge >= 0.3 is 0 Å². The monoisotopic (exact) mass is 174 g/mol. The van der Waals surface area contributed by atoms with E-state index in [0.29, 0.717) is 6.61 Å². The van der Waals surface area contributed by atoms with Crippen molar-refractivity contribution in [2.24, 2.45) is 5.41 Å². The number of hydrogen-bond acceptors (Lipinski definition) is 2. The van der Waals surface area contributed by atoms with E-state index in [9.17, 15) is 5.11 Å². The SMILES string of the molecule is CCCOCC(CC)(CC)CO. The molecule has 12 heavy (non-hydrogen) atoms. The zero-order chi connectivity index (χ0) is 9.45. The third-order valence-corrected chi connectivity index (χ3v) is 2.59. The zero-order valence-corrected chi connectivity index (χ0v) is 8.60. The molecular formula is C10H22O2. The molecule has 0 saturated heterocycles. The topological polar surface area (TPSA) is 29.5 Å². The molecule has 0 fully saturated rings. The minimum absolute atomic E-state index is 0.00910. The Hall–Kier alpha value is -0.0800. The largest absolute Gasteiger partial charge is 0.396 e. The molecule has 1 N–H and O–H groups in total. The quantitative estimate of drug-likeness (QED) is 0.600.